The summed E-state index contributed by atoms with van der Waals surface area (Å²) in [6, 6.07) is 3.93. The molecule has 3 aromatic heterocycles. The SMILES string of the molecule is Cc1sc2ncnc(N(Cc3ccco3)C[C@H]3CCCO3)c2c1C. The lowest BCUT2D eigenvalue weighted by molar-refractivity contribution is 0.115. The standard InChI is InChI=1S/C18H21N3O2S/c1-12-13(2)24-18-16(12)17(19-11-20-18)21(9-14-5-3-7-22-14)10-15-6-4-8-23-15/h3,5,7,11,15H,4,6,8-10H2,1-2H3/t15-/m1/s1. The van der Waals surface area contributed by atoms with Crippen molar-refractivity contribution in [2.45, 2.75) is 39.3 Å². The molecule has 1 aliphatic heterocycles. The molecule has 0 bridgehead atoms. The van der Waals surface area contributed by atoms with Gasteiger partial charge in [-0.1, -0.05) is 0 Å². The Morgan fingerprint density at radius 2 is 2.25 bits per heavy atom. The molecule has 3 aromatic rings. The van der Waals surface area contributed by atoms with Gasteiger partial charge in [-0.2, -0.15) is 0 Å². The van der Waals surface area contributed by atoms with Crippen molar-refractivity contribution in [3.63, 3.8) is 0 Å². The molecule has 0 aromatic carbocycles. The van der Waals surface area contributed by atoms with Gasteiger partial charge in [-0.15, -0.1) is 11.3 Å². The normalized spacial score (nSPS) is 17.7. The summed E-state index contributed by atoms with van der Waals surface area (Å²) in [7, 11) is 0. The largest absolute Gasteiger partial charge is 0.467 e. The van der Waals surface area contributed by atoms with E-state index >= 15 is 0 Å². The third kappa shape index (κ3) is 2.91. The molecule has 0 unspecified atom stereocenters. The van der Waals surface area contributed by atoms with Gasteiger partial charge in [0.2, 0.25) is 0 Å². The van der Waals surface area contributed by atoms with E-state index in [2.05, 4.69) is 28.7 Å². The summed E-state index contributed by atoms with van der Waals surface area (Å²) >= 11 is 1.73. The summed E-state index contributed by atoms with van der Waals surface area (Å²) in [5.41, 5.74) is 1.27. The van der Waals surface area contributed by atoms with Gasteiger partial charge in [-0.3, -0.25) is 0 Å². The maximum Gasteiger partial charge on any atom is 0.141 e. The van der Waals surface area contributed by atoms with Crippen LogP contribution < -0.4 is 4.90 Å². The quantitative estimate of drug-likeness (QED) is 0.698. The number of thiophene rings is 1. The fourth-order valence-electron chi connectivity index (χ4n) is 3.25. The monoisotopic (exact) mass is 343 g/mol. The number of fused-ring (bicyclic) bond motifs is 1. The van der Waals surface area contributed by atoms with Gasteiger partial charge in [0.25, 0.3) is 0 Å². The minimum absolute atomic E-state index is 0.255. The smallest absolute Gasteiger partial charge is 0.141 e. The van der Waals surface area contributed by atoms with Crippen LogP contribution in [0.5, 0.6) is 0 Å². The van der Waals surface area contributed by atoms with Crippen LogP contribution >= 0.6 is 11.3 Å². The average molecular weight is 343 g/mol. The molecule has 1 saturated heterocycles. The van der Waals surface area contributed by atoms with Crippen molar-refractivity contribution in [1.29, 1.82) is 0 Å². The van der Waals surface area contributed by atoms with Crippen molar-refractivity contribution >= 4 is 27.4 Å². The molecule has 4 heterocycles. The zero-order valence-electron chi connectivity index (χ0n) is 14.0. The number of hydrogen-bond donors (Lipinski definition) is 0. The second-order valence-electron chi connectivity index (χ2n) is 6.26. The van der Waals surface area contributed by atoms with E-state index in [4.69, 9.17) is 9.15 Å². The van der Waals surface area contributed by atoms with Crippen molar-refractivity contribution in [1.82, 2.24) is 9.97 Å². The summed E-state index contributed by atoms with van der Waals surface area (Å²) in [4.78, 5) is 13.7. The Bertz CT molecular complexity index is 822. The van der Waals surface area contributed by atoms with E-state index in [9.17, 15) is 0 Å². The van der Waals surface area contributed by atoms with Crippen LogP contribution in [0.25, 0.3) is 10.2 Å². The highest BCUT2D eigenvalue weighted by atomic mass is 32.1. The lowest BCUT2D eigenvalue weighted by atomic mass is 10.1. The van der Waals surface area contributed by atoms with Gasteiger partial charge >= 0.3 is 0 Å². The van der Waals surface area contributed by atoms with E-state index in [0.29, 0.717) is 6.54 Å². The summed E-state index contributed by atoms with van der Waals surface area (Å²) in [5.74, 6) is 1.91. The third-order valence-corrected chi connectivity index (χ3v) is 5.73. The van der Waals surface area contributed by atoms with Crippen LogP contribution in [0.15, 0.2) is 29.1 Å². The van der Waals surface area contributed by atoms with Crippen LogP contribution in [-0.4, -0.2) is 29.2 Å². The molecule has 5 nitrogen and oxygen atoms in total. The second kappa shape index (κ2) is 6.53. The zero-order valence-corrected chi connectivity index (χ0v) is 14.8. The third-order valence-electron chi connectivity index (χ3n) is 4.62. The van der Waals surface area contributed by atoms with Gasteiger partial charge < -0.3 is 14.1 Å². The van der Waals surface area contributed by atoms with Crippen molar-refractivity contribution < 1.29 is 9.15 Å². The Balaban J connectivity index is 1.74. The van der Waals surface area contributed by atoms with Gasteiger partial charge in [-0.25, -0.2) is 9.97 Å². The van der Waals surface area contributed by atoms with Crippen LogP contribution in [0.4, 0.5) is 5.82 Å². The van der Waals surface area contributed by atoms with E-state index < -0.39 is 0 Å². The van der Waals surface area contributed by atoms with Gasteiger partial charge in [0.1, 0.15) is 22.7 Å². The van der Waals surface area contributed by atoms with Gasteiger partial charge in [-0.05, 0) is 44.4 Å². The molecule has 4 rings (SSSR count). The zero-order chi connectivity index (χ0) is 16.5. The second-order valence-corrected chi connectivity index (χ2v) is 7.46. The maximum atomic E-state index is 5.86. The number of aryl methyl sites for hydroxylation is 2. The number of anilines is 1. The molecule has 0 aliphatic carbocycles. The molecule has 0 N–H and O–H groups in total. The van der Waals surface area contributed by atoms with E-state index in [0.717, 1.165) is 47.8 Å². The summed E-state index contributed by atoms with van der Waals surface area (Å²) < 4.78 is 11.4. The first-order chi connectivity index (χ1) is 11.7. The fraction of sp³-hybridized carbons (Fsp3) is 0.444. The van der Waals surface area contributed by atoms with Crippen LogP contribution in [0.1, 0.15) is 29.0 Å². The summed E-state index contributed by atoms with van der Waals surface area (Å²) in [5, 5.41) is 1.16. The molecule has 1 fully saturated rings. The van der Waals surface area contributed by atoms with Crippen LogP contribution in [-0.2, 0) is 11.3 Å². The van der Waals surface area contributed by atoms with Gasteiger partial charge in [0.05, 0.1) is 24.3 Å². The Hall–Kier alpha value is -1.92. The summed E-state index contributed by atoms with van der Waals surface area (Å²) in [6.45, 7) is 6.66. The molecular weight excluding hydrogens is 322 g/mol. The predicted molar refractivity (Wildman–Crippen MR) is 95.6 cm³/mol. The van der Waals surface area contributed by atoms with E-state index in [1.54, 1.807) is 23.9 Å². The lowest BCUT2D eigenvalue weighted by Crippen LogP contribution is -2.32. The molecule has 126 valence electrons. The Morgan fingerprint density at radius 1 is 1.33 bits per heavy atom. The van der Waals surface area contributed by atoms with E-state index in [1.165, 1.54) is 10.4 Å². The van der Waals surface area contributed by atoms with Crippen LogP contribution in [0.3, 0.4) is 0 Å². The maximum absolute atomic E-state index is 5.86. The number of ether oxygens (including phenoxy) is 1. The highest BCUT2D eigenvalue weighted by Crippen LogP contribution is 2.35. The minimum Gasteiger partial charge on any atom is -0.467 e. The van der Waals surface area contributed by atoms with E-state index in [1.807, 2.05) is 12.1 Å². The van der Waals surface area contributed by atoms with Crippen molar-refractivity contribution in [3.8, 4) is 0 Å². The molecule has 6 heteroatoms. The Kier molecular flexibility index (Phi) is 4.24. The predicted octanol–water partition coefficient (Wildman–Crippen LogP) is 4.09. The van der Waals surface area contributed by atoms with Crippen molar-refractivity contribution in [3.05, 3.63) is 40.9 Å². The molecule has 0 amide bonds. The van der Waals surface area contributed by atoms with Crippen molar-refractivity contribution in [2.75, 3.05) is 18.1 Å². The summed E-state index contributed by atoms with van der Waals surface area (Å²) in [6.07, 6.45) is 5.87. The first kappa shape index (κ1) is 15.6. The highest BCUT2D eigenvalue weighted by molar-refractivity contribution is 7.18. The highest BCUT2D eigenvalue weighted by Gasteiger charge is 2.24. The number of furan rings is 1. The number of rotatable bonds is 5. The Morgan fingerprint density at radius 3 is 3.00 bits per heavy atom. The molecular formula is C18H21N3O2S. The fourth-order valence-corrected chi connectivity index (χ4v) is 4.25. The minimum atomic E-state index is 0.255. The van der Waals surface area contributed by atoms with Crippen molar-refractivity contribution in [2.24, 2.45) is 0 Å². The number of aromatic nitrogens is 2. The van der Waals surface area contributed by atoms with E-state index in [-0.39, 0.29) is 6.10 Å². The van der Waals surface area contributed by atoms with Gasteiger partial charge in [0, 0.05) is 18.0 Å². The molecule has 24 heavy (non-hydrogen) atoms. The first-order valence-electron chi connectivity index (χ1n) is 8.32. The lowest BCUT2D eigenvalue weighted by Gasteiger charge is -2.26. The first-order valence-corrected chi connectivity index (χ1v) is 9.13. The molecule has 0 saturated carbocycles. The molecule has 1 aliphatic rings. The Labute approximate surface area is 145 Å². The number of hydrogen-bond acceptors (Lipinski definition) is 6. The molecule has 0 radical (unpaired) electrons. The van der Waals surface area contributed by atoms with Crippen LogP contribution in [0.2, 0.25) is 0 Å². The van der Waals surface area contributed by atoms with Crippen LogP contribution in [0, 0.1) is 13.8 Å². The number of nitrogens with zero attached hydrogens (tertiary/aromatic N) is 3. The molecule has 1 atom stereocenters. The topological polar surface area (TPSA) is 51.4 Å². The average Bonchev–Trinajstić information content (AvgIpc) is 3.31. The molecule has 0 spiro atoms. The van der Waals surface area contributed by atoms with Gasteiger partial charge in [0.15, 0.2) is 0 Å².